The number of rotatable bonds is 3. The summed E-state index contributed by atoms with van der Waals surface area (Å²) in [5, 5.41) is 10.8. The van der Waals surface area contributed by atoms with Crippen LogP contribution in [0.1, 0.15) is 31.2 Å². The number of pyridine rings is 1. The highest BCUT2D eigenvalue weighted by molar-refractivity contribution is 5.85. The molecule has 1 aromatic rings. The summed E-state index contributed by atoms with van der Waals surface area (Å²) in [5.41, 5.74) is -0.540. The number of likely N-dealkylation sites (tertiary alicyclic amines) is 2. The monoisotopic (exact) mass is 307 g/mol. The van der Waals surface area contributed by atoms with Crippen molar-refractivity contribution >= 4 is 5.91 Å². The molecule has 0 radical (unpaired) electrons. The van der Waals surface area contributed by atoms with Gasteiger partial charge in [-0.25, -0.2) is 4.39 Å². The lowest BCUT2D eigenvalue weighted by atomic mass is 9.91. The van der Waals surface area contributed by atoms with Crippen molar-refractivity contribution in [2.24, 2.45) is 0 Å². The fourth-order valence-electron chi connectivity index (χ4n) is 3.45. The maximum absolute atomic E-state index is 13.2. The third kappa shape index (κ3) is 3.28. The Kier molecular flexibility index (Phi) is 4.40. The quantitative estimate of drug-likeness (QED) is 0.911. The van der Waals surface area contributed by atoms with Crippen molar-refractivity contribution in [3.05, 3.63) is 29.8 Å². The number of carbonyl (C=O) groups excluding carboxylic acids is 1. The van der Waals surface area contributed by atoms with E-state index >= 15 is 0 Å². The summed E-state index contributed by atoms with van der Waals surface area (Å²) in [5.74, 6) is -0.509. The first kappa shape index (κ1) is 15.4. The van der Waals surface area contributed by atoms with Gasteiger partial charge in [0.15, 0.2) is 5.60 Å². The molecular weight excluding hydrogens is 285 g/mol. The molecule has 120 valence electrons. The highest BCUT2D eigenvalue weighted by Crippen LogP contribution is 2.26. The van der Waals surface area contributed by atoms with Gasteiger partial charge < -0.3 is 10.0 Å². The molecule has 2 saturated heterocycles. The minimum Gasteiger partial charge on any atom is -0.379 e. The Morgan fingerprint density at radius 2 is 2.05 bits per heavy atom. The molecule has 3 rings (SSSR count). The molecule has 1 aromatic heterocycles. The number of hydrogen-bond acceptors (Lipinski definition) is 4. The zero-order chi connectivity index (χ0) is 15.6. The Morgan fingerprint density at radius 1 is 1.27 bits per heavy atom. The van der Waals surface area contributed by atoms with Gasteiger partial charge in [0.25, 0.3) is 5.91 Å². The number of amides is 1. The number of nitrogens with zero attached hydrogens (tertiary/aromatic N) is 3. The largest absolute Gasteiger partial charge is 0.379 e. The first-order valence-corrected chi connectivity index (χ1v) is 7.90. The van der Waals surface area contributed by atoms with Crippen LogP contribution in [0.3, 0.4) is 0 Å². The van der Waals surface area contributed by atoms with Crippen molar-refractivity contribution in [2.75, 3.05) is 26.2 Å². The zero-order valence-electron chi connectivity index (χ0n) is 12.7. The smallest absolute Gasteiger partial charge is 0.255 e. The van der Waals surface area contributed by atoms with E-state index in [1.807, 2.05) is 4.90 Å². The van der Waals surface area contributed by atoms with E-state index in [9.17, 15) is 14.3 Å². The van der Waals surface area contributed by atoms with Crippen LogP contribution in [0.25, 0.3) is 0 Å². The molecule has 1 amide bonds. The van der Waals surface area contributed by atoms with Gasteiger partial charge in [-0.15, -0.1) is 0 Å². The summed E-state index contributed by atoms with van der Waals surface area (Å²) in [7, 11) is 0. The van der Waals surface area contributed by atoms with Gasteiger partial charge in [0.05, 0.1) is 6.20 Å². The van der Waals surface area contributed by atoms with Crippen molar-refractivity contribution in [3.8, 4) is 0 Å². The molecule has 0 bridgehead atoms. The number of carbonyl (C=O) groups is 1. The highest BCUT2D eigenvalue weighted by atomic mass is 19.1. The fraction of sp³-hybridized carbons (Fsp3) is 0.625. The molecule has 0 spiro atoms. The molecule has 3 heterocycles. The predicted molar refractivity (Wildman–Crippen MR) is 79.5 cm³/mol. The number of aliphatic hydroxyl groups is 1. The van der Waals surface area contributed by atoms with E-state index in [0.29, 0.717) is 19.5 Å². The number of halogens is 1. The number of piperidine rings is 1. The fourth-order valence-corrected chi connectivity index (χ4v) is 3.45. The van der Waals surface area contributed by atoms with Gasteiger partial charge in [-0.2, -0.15) is 0 Å². The van der Waals surface area contributed by atoms with Crippen LogP contribution in [-0.4, -0.2) is 57.6 Å². The van der Waals surface area contributed by atoms with E-state index in [1.165, 1.54) is 12.3 Å². The van der Waals surface area contributed by atoms with Crippen molar-refractivity contribution in [1.29, 1.82) is 0 Å². The lowest BCUT2D eigenvalue weighted by Crippen LogP contribution is -2.57. The van der Waals surface area contributed by atoms with Gasteiger partial charge in [0.1, 0.15) is 5.82 Å². The Labute approximate surface area is 129 Å². The van der Waals surface area contributed by atoms with Crippen LogP contribution in [-0.2, 0) is 11.3 Å². The minimum absolute atomic E-state index is 0.146. The molecule has 1 N–H and O–H groups in total. The number of β-amino-alcohol motifs (C(OH)–C–C–N with tert-alkyl or cyclic N) is 1. The summed E-state index contributed by atoms with van der Waals surface area (Å²) in [4.78, 5) is 20.2. The molecule has 2 aliphatic rings. The standard InChI is InChI=1S/C16H22FN3O2/c17-14-8-13(9-18-10-14)11-19-5-3-4-16(22,12-19)15(21)20-6-1-2-7-20/h8-10,22H,1-7,11-12H2. The molecule has 0 saturated carbocycles. The molecule has 0 aliphatic carbocycles. The average Bonchev–Trinajstić information content (AvgIpc) is 3.00. The van der Waals surface area contributed by atoms with Crippen molar-refractivity contribution < 1.29 is 14.3 Å². The van der Waals surface area contributed by atoms with Crippen LogP contribution >= 0.6 is 0 Å². The van der Waals surface area contributed by atoms with Gasteiger partial charge in [0.2, 0.25) is 0 Å². The van der Waals surface area contributed by atoms with Gasteiger partial charge in [-0.3, -0.25) is 14.7 Å². The SMILES string of the molecule is O=C(N1CCCC1)C1(O)CCCN(Cc2cncc(F)c2)C1. The van der Waals surface area contributed by atoms with Crippen LogP contribution in [0.4, 0.5) is 4.39 Å². The molecule has 6 heteroatoms. The average molecular weight is 307 g/mol. The van der Waals surface area contributed by atoms with E-state index in [4.69, 9.17) is 0 Å². The van der Waals surface area contributed by atoms with E-state index in [2.05, 4.69) is 4.98 Å². The maximum atomic E-state index is 13.2. The number of aromatic nitrogens is 1. The summed E-state index contributed by atoms with van der Waals surface area (Å²) in [6, 6.07) is 1.45. The topological polar surface area (TPSA) is 56.7 Å². The van der Waals surface area contributed by atoms with E-state index in [1.54, 1.807) is 11.1 Å². The lowest BCUT2D eigenvalue weighted by molar-refractivity contribution is -0.156. The van der Waals surface area contributed by atoms with Gasteiger partial charge in [0, 0.05) is 32.4 Å². The van der Waals surface area contributed by atoms with Crippen LogP contribution in [0.15, 0.2) is 18.5 Å². The maximum Gasteiger partial charge on any atom is 0.255 e. The van der Waals surface area contributed by atoms with Crippen LogP contribution in [0.2, 0.25) is 0 Å². The second-order valence-electron chi connectivity index (χ2n) is 6.36. The Hall–Kier alpha value is -1.53. The van der Waals surface area contributed by atoms with E-state index < -0.39 is 5.60 Å². The zero-order valence-corrected chi connectivity index (χ0v) is 12.7. The third-order valence-corrected chi connectivity index (χ3v) is 4.51. The molecule has 0 aromatic carbocycles. The molecule has 2 fully saturated rings. The third-order valence-electron chi connectivity index (χ3n) is 4.51. The van der Waals surface area contributed by atoms with E-state index in [0.717, 1.165) is 44.5 Å². The van der Waals surface area contributed by atoms with Crippen molar-refractivity contribution in [1.82, 2.24) is 14.8 Å². The second kappa shape index (κ2) is 6.30. The molecule has 1 unspecified atom stereocenters. The van der Waals surface area contributed by atoms with Crippen LogP contribution < -0.4 is 0 Å². The highest BCUT2D eigenvalue weighted by Gasteiger charge is 2.43. The normalized spacial score (nSPS) is 26.4. The molecule has 22 heavy (non-hydrogen) atoms. The summed E-state index contributed by atoms with van der Waals surface area (Å²) < 4.78 is 13.2. The summed E-state index contributed by atoms with van der Waals surface area (Å²) in [6.07, 6.45) is 6.09. The molecule has 1 atom stereocenters. The van der Waals surface area contributed by atoms with Gasteiger partial charge in [-0.05, 0) is 43.9 Å². The lowest BCUT2D eigenvalue weighted by Gasteiger charge is -2.39. The molecule has 2 aliphatic heterocycles. The second-order valence-corrected chi connectivity index (χ2v) is 6.36. The Bertz CT molecular complexity index is 548. The first-order chi connectivity index (χ1) is 10.6. The van der Waals surface area contributed by atoms with Crippen molar-refractivity contribution in [3.63, 3.8) is 0 Å². The van der Waals surface area contributed by atoms with Crippen molar-refractivity contribution in [2.45, 2.75) is 37.8 Å². The Balaban J connectivity index is 1.66. The van der Waals surface area contributed by atoms with Crippen LogP contribution in [0.5, 0.6) is 0 Å². The van der Waals surface area contributed by atoms with Gasteiger partial charge in [-0.1, -0.05) is 0 Å². The molecule has 5 nitrogen and oxygen atoms in total. The van der Waals surface area contributed by atoms with E-state index in [-0.39, 0.29) is 11.7 Å². The molecular formula is C16H22FN3O2. The van der Waals surface area contributed by atoms with Gasteiger partial charge >= 0.3 is 0 Å². The summed E-state index contributed by atoms with van der Waals surface area (Å²) >= 11 is 0. The first-order valence-electron chi connectivity index (χ1n) is 7.90. The van der Waals surface area contributed by atoms with Crippen LogP contribution in [0, 0.1) is 5.82 Å². The Morgan fingerprint density at radius 3 is 2.77 bits per heavy atom. The number of hydrogen-bond donors (Lipinski definition) is 1. The minimum atomic E-state index is -1.30. The predicted octanol–water partition coefficient (Wildman–Crippen LogP) is 1.17. The summed E-state index contributed by atoms with van der Waals surface area (Å²) in [6.45, 7) is 3.09.